The van der Waals surface area contributed by atoms with Crippen molar-refractivity contribution in [2.24, 2.45) is 0 Å². The fourth-order valence-corrected chi connectivity index (χ4v) is 234. The van der Waals surface area contributed by atoms with Crippen LogP contribution in [0.3, 0.4) is 0 Å². The fraction of sp³-hybridized carbons (Fsp3) is 0.760. The third-order valence-electron chi connectivity index (χ3n) is 16.0. The molecule has 16 heteroatoms. The lowest BCUT2D eigenvalue weighted by Gasteiger charge is -2.82. The molecular weight excluding hydrogens is 1040 g/mol. The number of anilines is 2. The predicted octanol–water partition coefficient (Wildman–Crippen LogP) is 19.0. The van der Waals surface area contributed by atoms with Crippen molar-refractivity contribution in [1.29, 1.82) is 0 Å². The Morgan fingerprint density at radius 3 is 0.591 bits per heavy atom. The fourth-order valence-electron chi connectivity index (χ4n) is 18.2. The third kappa shape index (κ3) is 10.6. The Balaban J connectivity index is 3.30. The maximum absolute atomic E-state index is 10.3. The highest BCUT2D eigenvalue weighted by Crippen LogP contribution is 2.72. The Labute approximate surface area is 433 Å². The highest BCUT2D eigenvalue weighted by molar-refractivity contribution is 7.85. The van der Waals surface area contributed by atoms with Gasteiger partial charge in [0.25, 0.3) is 0 Å². The molecular formula is C50H108Cl2N2Si12. The van der Waals surface area contributed by atoms with E-state index < -0.39 is 94.2 Å². The Morgan fingerprint density at radius 1 is 0.318 bits per heavy atom. The largest absolute Gasteiger partial charge is 0.374 e. The van der Waals surface area contributed by atoms with Gasteiger partial charge in [-0.25, -0.2) is 0 Å². The quantitative estimate of drug-likeness (QED) is 0.108. The van der Waals surface area contributed by atoms with Crippen molar-refractivity contribution in [3.63, 3.8) is 0 Å². The molecule has 380 valence electrons. The van der Waals surface area contributed by atoms with Crippen LogP contribution in [0, 0.1) is 27.7 Å². The summed E-state index contributed by atoms with van der Waals surface area (Å²) in [6, 6.07) is 15.4. The van der Waals surface area contributed by atoms with Crippen molar-refractivity contribution in [3.05, 3.63) is 58.7 Å². The zero-order valence-corrected chi connectivity index (χ0v) is 63.1. The SMILES string of the molecule is Cc1cc(C)cc(N2[Si](Cl)([Si](C(C)C)(C([Si](C)(C)C)[Si](C)(C)C)C([Si](C)(C)C)[Si](C)(C)C)N(c3cc(C)cc(C)c3)[Si]2(Cl)[Si](C(C)C)(C([Si](C)(C)C)[Si](C)(C)C)C([Si](C)(C)C)[Si](C)(C)C)c1. The minimum Gasteiger partial charge on any atom is -0.374 e. The zero-order valence-electron chi connectivity index (χ0n) is 49.6. The van der Waals surface area contributed by atoms with E-state index in [0.29, 0.717) is 30.2 Å². The van der Waals surface area contributed by atoms with Crippen LogP contribution < -0.4 is 8.46 Å². The smallest absolute Gasteiger partial charge is 0.331 e. The summed E-state index contributed by atoms with van der Waals surface area (Å²) >= 11 is 20.5. The zero-order chi connectivity index (χ0) is 52.3. The van der Waals surface area contributed by atoms with Gasteiger partial charge in [0.1, 0.15) is 15.2 Å². The van der Waals surface area contributed by atoms with Crippen molar-refractivity contribution < 1.29 is 0 Å². The van der Waals surface area contributed by atoms with E-state index in [1.54, 1.807) is 0 Å². The lowest BCUT2D eigenvalue weighted by molar-refractivity contribution is 0.968. The van der Waals surface area contributed by atoms with Crippen molar-refractivity contribution in [2.75, 3.05) is 8.46 Å². The lowest BCUT2D eigenvalue weighted by Crippen LogP contribution is -3.08. The van der Waals surface area contributed by atoms with Crippen LogP contribution in [0.15, 0.2) is 36.4 Å². The maximum Gasteiger partial charge on any atom is 0.331 e. The van der Waals surface area contributed by atoms with Crippen LogP contribution >= 0.6 is 22.2 Å². The lowest BCUT2D eigenvalue weighted by atomic mass is 10.1. The molecule has 0 unspecified atom stereocenters. The molecule has 0 bridgehead atoms. The number of hydrogen-bond acceptors (Lipinski definition) is 2. The molecule has 2 aromatic carbocycles. The van der Waals surface area contributed by atoms with Crippen LogP contribution in [0.1, 0.15) is 49.9 Å². The summed E-state index contributed by atoms with van der Waals surface area (Å²) in [6.07, 6.45) is 0. The van der Waals surface area contributed by atoms with E-state index in [-0.39, 0.29) is 0 Å². The van der Waals surface area contributed by atoms with Crippen molar-refractivity contribution in [1.82, 2.24) is 0 Å². The first kappa shape index (κ1) is 61.5. The summed E-state index contributed by atoms with van der Waals surface area (Å²) in [4.78, 5) is 2.86. The second kappa shape index (κ2) is 19.2. The Hall–Kier alpha value is 1.22. The number of rotatable bonds is 18. The molecule has 0 spiro atoms. The molecule has 1 fully saturated rings. The van der Waals surface area contributed by atoms with Crippen LogP contribution in [0.2, 0.25) is 187 Å². The van der Waals surface area contributed by atoms with Crippen LogP contribution in [0.5, 0.6) is 0 Å². The molecule has 66 heavy (non-hydrogen) atoms. The first-order valence-corrected chi connectivity index (χ1v) is 66.9. The molecule has 0 radical (unpaired) electrons. The minimum atomic E-state index is -3.41. The normalized spacial score (nSPS) is 20.5. The van der Waals surface area contributed by atoms with Crippen LogP contribution in [-0.4, -0.2) is 94.2 Å². The average Bonchev–Trinajstić information content (AvgIpc) is 2.96. The number of halogens is 2. The van der Waals surface area contributed by atoms with E-state index >= 15 is 0 Å². The van der Waals surface area contributed by atoms with Crippen molar-refractivity contribution in [2.45, 2.75) is 243 Å². The molecule has 0 atom stereocenters. The van der Waals surface area contributed by atoms with E-state index in [4.69, 9.17) is 0 Å². The standard InChI is InChI=1S/C50H108Cl2N2Si12/c1-39(2)63(47(55(9,10)11)56(12,13)14,48(57(15,16)17)58(18,19)20)65(51)53(45-35-41(5)33-42(6)36-45)66(52,54(65)46-37-43(7)34-44(8)38-46)64(40(3)4,49(59(21,22)23)60(24,25)26)50(61(27,28)29)62(30,31)32/h33-40,47-50H,1-32H3. The van der Waals surface area contributed by atoms with Gasteiger partial charge in [-0.2, -0.15) is 0 Å². The molecule has 1 aliphatic heterocycles. The topological polar surface area (TPSA) is 6.48 Å². The van der Waals surface area contributed by atoms with Gasteiger partial charge in [0.15, 0.2) is 0 Å². The number of nitrogens with zero attached hydrogens (tertiary/aromatic N) is 2. The van der Waals surface area contributed by atoms with E-state index in [2.05, 4.69) is 257 Å². The Morgan fingerprint density at radius 2 is 0.470 bits per heavy atom. The van der Waals surface area contributed by atoms with Crippen LogP contribution in [-0.2, 0) is 0 Å². The molecule has 0 aliphatic carbocycles. The van der Waals surface area contributed by atoms with Crippen molar-refractivity contribution in [3.8, 4) is 0 Å². The second-order valence-corrected chi connectivity index (χ2v) is 109. The van der Waals surface area contributed by atoms with E-state index in [0.717, 1.165) is 0 Å². The average molecular weight is 1150 g/mol. The Bertz CT molecular complexity index is 1720. The number of aryl methyl sites for hydroxylation is 4. The molecule has 0 saturated carbocycles. The minimum absolute atomic E-state index is 0.510. The molecule has 0 aromatic heterocycles. The van der Waals surface area contributed by atoms with Gasteiger partial charge in [-0.1, -0.05) is 216 Å². The monoisotopic (exact) mass is 1140 g/mol. The predicted molar refractivity (Wildman–Crippen MR) is 343 cm³/mol. The van der Waals surface area contributed by atoms with Gasteiger partial charge in [-0.15, -0.1) is 22.2 Å². The molecule has 1 saturated heterocycles. The van der Waals surface area contributed by atoms with Gasteiger partial charge < -0.3 is 8.46 Å². The Kier molecular flexibility index (Phi) is 17.9. The second-order valence-electron chi connectivity index (χ2n) is 31.4. The summed E-state index contributed by atoms with van der Waals surface area (Å²) in [7, 11) is -28.0. The first-order valence-electron chi connectivity index (χ1n) is 26.0. The van der Waals surface area contributed by atoms with Gasteiger partial charge in [0, 0.05) is 76.0 Å². The number of hydrogen-bond donors (Lipinski definition) is 0. The van der Waals surface area contributed by atoms with Crippen molar-refractivity contribution >= 4 is 128 Å². The van der Waals surface area contributed by atoms with Gasteiger partial charge in [0.2, 0.25) is 0 Å². The van der Waals surface area contributed by atoms with E-state index in [9.17, 15) is 22.2 Å². The maximum atomic E-state index is 10.3. The molecule has 0 N–H and O–H groups in total. The highest BCUT2D eigenvalue weighted by Gasteiger charge is 2.91. The molecule has 3 rings (SSSR count). The van der Waals surface area contributed by atoms with E-state index in [1.807, 2.05) is 0 Å². The summed E-state index contributed by atoms with van der Waals surface area (Å²) < 4.78 is 6.61. The third-order valence-corrected chi connectivity index (χ3v) is 135. The highest BCUT2D eigenvalue weighted by atomic mass is 35.6. The van der Waals surface area contributed by atoms with Gasteiger partial charge in [-0.3, -0.25) is 0 Å². The van der Waals surface area contributed by atoms with Gasteiger partial charge >= 0.3 is 14.4 Å². The molecule has 0 amide bonds. The summed E-state index contributed by atoms with van der Waals surface area (Å²) in [5.41, 5.74) is 9.33. The summed E-state index contributed by atoms with van der Waals surface area (Å²) in [5, 5.41) is 0. The van der Waals surface area contributed by atoms with Crippen LogP contribution in [0.25, 0.3) is 0 Å². The molecule has 2 nitrogen and oxygen atoms in total. The number of benzene rings is 2. The van der Waals surface area contributed by atoms with E-state index in [1.165, 1.54) is 33.6 Å². The molecule has 1 heterocycles. The van der Waals surface area contributed by atoms with Gasteiger partial charge in [-0.05, 0) is 85.3 Å². The van der Waals surface area contributed by atoms with Gasteiger partial charge in [0.05, 0.1) is 0 Å². The molecule has 1 aliphatic rings. The summed E-state index contributed by atoms with van der Waals surface area (Å²) in [5.74, 6) is 0. The molecule has 2 aromatic rings. The van der Waals surface area contributed by atoms with Crippen LogP contribution in [0.4, 0.5) is 11.4 Å². The first-order chi connectivity index (χ1) is 28.9. The summed E-state index contributed by atoms with van der Waals surface area (Å²) in [6.45, 7) is 87.8.